The number of rotatable bonds is 2. The molecule has 5 N–H and O–H groups in total. The first-order valence-corrected chi connectivity index (χ1v) is 2.60. The van der Waals surface area contributed by atoms with Gasteiger partial charge in [0.15, 0.2) is 0 Å². The lowest BCUT2D eigenvalue weighted by atomic mass is 10.2. The molecule has 0 bridgehead atoms. The molecule has 8 heavy (non-hydrogen) atoms. The first kappa shape index (κ1) is 7.30. The Bertz CT molecular complexity index is 85.7. The van der Waals surface area contributed by atoms with E-state index in [0.717, 1.165) is 5.70 Å². The second-order valence-corrected chi connectivity index (χ2v) is 1.92. The summed E-state index contributed by atoms with van der Waals surface area (Å²) >= 11 is 0. The highest BCUT2D eigenvalue weighted by atomic mass is 15.2. The predicted octanol–water partition coefficient (Wildman–Crippen LogP) is -0.0942. The van der Waals surface area contributed by atoms with Gasteiger partial charge in [0.1, 0.15) is 0 Å². The van der Waals surface area contributed by atoms with Gasteiger partial charge in [-0.25, -0.2) is 0 Å². The molecule has 0 heterocycles. The minimum Gasteiger partial charge on any atom is -0.403 e. The Morgan fingerprint density at radius 3 is 2.12 bits per heavy atom. The Hall–Kier alpha value is -0.700. The number of nitrogens with two attached hydrogens (primary N) is 2. The molecule has 3 nitrogen and oxygen atoms in total. The van der Waals surface area contributed by atoms with Crippen molar-refractivity contribution in [2.45, 2.75) is 13.8 Å². The molecule has 0 aromatic rings. The van der Waals surface area contributed by atoms with Crippen molar-refractivity contribution in [3.63, 3.8) is 0 Å². The molecule has 0 fully saturated rings. The maximum absolute atomic E-state index is 5.18. The number of nitrogens with one attached hydrogen (secondary N) is 1. The Morgan fingerprint density at radius 1 is 1.62 bits per heavy atom. The topological polar surface area (TPSA) is 64.1 Å². The average Bonchev–Trinajstić information content (AvgIpc) is 1.69. The standard InChI is InChI=1S/C5H13N3/c1-4(2)5(3-6)8-7/h3-4,8H,6-7H2,1-2H3/b5-3-. The third-order valence-corrected chi connectivity index (χ3v) is 0.968. The van der Waals surface area contributed by atoms with Gasteiger partial charge in [0.2, 0.25) is 0 Å². The summed E-state index contributed by atoms with van der Waals surface area (Å²) in [5.74, 6) is 5.47. The summed E-state index contributed by atoms with van der Waals surface area (Å²) in [6, 6.07) is 0. The van der Waals surface area contributed by atoms with Crippen molar-refractivity contribution < 1.29 is 0 Å². The predicted molar refractivity (Wildman–Crippen MR) is 34.4 cm³/mol. The molecule has 0 atom stereocenters. The smallest absolute Gasteiger partial charge is 0.0439 e. The Kier molecular flexibility index (Phi) is 3.03. The first-order valence-electron chi connectivity index (χ1n) is 2.60. The van der Waals surface area contributed by atoms with Crippen LogP contribution in [0.25, 0.3) is 0 Å². The molecule has 48 valence electrons. The summed E-state index contributed by atoms with van der Waals surface area (Å²) in [5.41, 5.74) is 8.53. The summed E-state index contributed by atoms with van der Waals surface area (Å²) in [4.78, 5) is 0. The van der Waals surface area contributed by atoms with Crippen LogP contribution in [-0.2, 0) is 0 Å². The van der Waals surface area contributed by atoms with E-state index in [1.807, 2.05) is 13.8 Å². The molecule has 0 saturated heterocycles. The minimum atomic E-state index is 0.380. The first-order chi connectivity index (χ1) is 3.72. The van der Waals surface area contributed by atoms with Gasteiger partial charge >= 0.3 is 0 Å². The van der Waals surface area contributed by atoms with Crippen molar-refractivity contribution in [2.75, 3.05) is 0 Å². The van der Waals surface area contributed by atoms with Crippen LogP contribution in [0.1, 0.15) is 13.8 Å². The summed E-state index contributed by atoms with van der Waals surface area (Å²) < 4.78 is 0. The van der Waals surface area contributed by atoms with Crippen LogP contribution in [0.15, 0.2) is 11.9 Å². The van der Waals surface area contributed by atoms with E-state index in [-0.39, 0.29) is 0 Å². The largest absolute Gasteiger partial charge is 0.403 e. The third-order valence-electron chi connectivity index (χ3n) is 0.968. The van der Waals surface area contributed by atoms with Crippen LogP contribution in [0.4, 0.5) is 0 Å². The highest BCUT2D eigenvalue weighted by molar-refractivity contribution is 4.97. The molecule has 0 unspecified atom stereocenters. The van der Waals surface area contributed by atoms with E-state index in [9.17, 15) is 0 Å². The monoisotopic (exact) mass is 115 g/mol. The molecule has 0 aliphatic heterocycles. The molecule has 0 radical (unpaired) electrons. The number of hydrogen-bond acceptors (Lipinski definition) is 3. The molecular formula is C5H13N3. The SMILES string of the molecule is CC(C)/C(=C/N)NN. The highest BCUT2D eigenvalue weighted by Gasteiger charge is 1.96. The molecule has 0 aliphatic rings. The molecule has 0 rings (SSSR count). The summed E-state index contributed by atoms with van der Waals surface area (Å²) in [6.07, 6.45) is 1.48. The molecule has 0 aromatic carbocycles. The lowest BCUT2D eigenvalue weighted by Crippen LogP contribution is -2.25. The van der Waals surface area contributed by atoms with Crippen LogP contribution in [0.2, 0.25) is 0 Å². The lowest BCUT2D eigenvalue weighted by molar-refractivity contribution is 0.669. The van der Waals surface area contributed by atoms with Crippen LogP contribution in [0.3, 0.4) is 0 Å². The number of hydrazine groups is 1. The second-order valence-electron chi connectivity index (χ2n) is 1.92. The van der Waals surface area contributed by atoms with Crippen molar-refractivity contribution in [3.05, 3.63) is 11.9 Å². The van der Waals surface area contributed by atoms with E-state index in [1.54, 1.807) is 0 Å². The average molecular weight is 115 g/mol. The van der Waals surface area contributed by atoms with Crippen molar-refractivity contribution in [1.29, 1.82) is 0 Å². The highest BCUT2D eigenvalue weighted by Crippen LogP contribution is 2.00. The quantitative estimate of drug-likeness (QED) is 0.348. The summed E-state index contributed by atoms with van der Waals surface area (Å²) in [6.45, 7) is 4.02. The minimum absolute atomic E-state index is 0.380. The molecular weight excluding hydrogens is 102 g/mol. The Balaban J connectivity index is 3.72. The fourth-order valence-electron chi connectivity index (χ4n) is 0.407. The summed E-state index contributed by atoms with van der Waals surface area (Å²) in [5, 5.41) is 0. The normalized spacial score (nSPS) is 12.2. The van der Waals surface area contributed by atoms with Crippen molar-refractivity contribution >= 4 is 0 Å². The van der Waals surface area contributed by atoms with E-state index < -0.39 is 0 Å². The van der Waals surface area contributed by atoms with Crippen LogP contribution in [0, 0.1) is 5.92 Å². The van der Waals surface area contributed by atoms with Crippen LogP contribution >= 0.6 is 0 Å². The van der Waals surface area contributed by atoms with E-state index >= 15 is 0 Å². The fourth-order valence-corrected chi connectivity index (χ4v) is 0.407. The molecule has 3 heteroatoms. The third kappa shape index (κ3) is 1.84. The number of hydrogen-bond donors (Lipinski definition) is 3. The van der Waals surface area contributed by atoms with E-state index in [0.29, 0.717) is 5.92 Å². The summed E-state index contributed by atoms with van der Waals surface area (Å²) in [7, 11) is 0. The van der Waals surface area contributed by atoms with Gasteiger partial charge in [-0.05, 0) is 5.92 Å². The van der Waals surface area contributed by atoms with Gasteiger partial charge in [0, 0.05) is 11.9 Å². The molecule has 0 aliphatic carbocycles. The zero-order valence-electron chi connectivity index (χ0n) is 5.31. The van der Waals surface area contributed by atoms with Gasteiger partial charge in [-0.3, -0.25) is 5.84 Å². The van der Waals surface area contributed by atoms with Crippen LogP contribution < -0.4 is 17.0 Å². The zero-order chi connectivity index (χ0) is 6.57. The molecule has 0 aromatic heterocycles. The van der Waals surface area contributed by atoms with Crippen LogP contribution in [-0.4, -0.2) is 0 Å². The van der Waals surface area contributed by atoms with Gasteiger partial charge in [-0.2, -0.15) is 0 Å². The maximum atomic E-state index is 5.18. The zero-order valence-corrected chi connectivity index (χ0v) is 5.31. The molecule has 0 spiro atoms. The lowest BCUT2D eigenvalue weighted by Gasteiger charge is -2.07. The van der Waals surface area contributed by atoms with Crippen LogP contribution in [0.5, 0.6) is 0 Å². The van der Waals surface area contributed by atoms with E-state index in [2.05, 4.69) is 5.43 Å². The fraction of sp³-hybridized carbons (Fsp3) is 0.600. The van der Waals surface area contributed by atoms with Gasteiger partial charge < -0.3 is 11.2 Å². The van der Waals surface area contributed by atoms with Crippen molar-refractivity contribution in [3.8, 4) is 0 Å². The Morgan fingerprint density at radius 2 is 2.12 bits per heavy atom. The van der Waals surface area contributed by atoms with E-state index in [1.165, 1.54) is 6.20 Å². The van der Waals surface area contributed by atoms with Gasteiger partial charge in [0.25, 0.3) is 0 Å². The van der Waals surface area contributed by atoms with Crippen molar-refractivity contribution in [1.82, 2.24) is 5.43 Å². The van der Waals surface area contributed by atoms with Gasteiger partial charge in [-0.15, -0.1) is 0 Å². The Labute approximate surface area is 49.7 Å². The maximum Gasteiger partial charge on any atom is 0.0439 e. The van der Waals surface area contributed by atoms with Gasteiger partial charge in [0.05, 0.1) is 0 Å². The molecule has 0 saturated carbocycles. The van der Waals surface area contributed by atoms with Gasteiger partial charge in [-0.1, -0.05) is 13.8 Å². The van der Waals surface area contributed by atoms with E-state index in [4.69, 9.17) is 11.6 Å². The van der Waals surface area contributed by atoms with Crippen molar-refractivity contribution in [2.24, 2.45) is 17.5 Å². The second kappa shape index (κ2) is 3.32. The molecule has 0 amide bonds. The number of allylic oxidation sites excluding steroid dienone is 1.